The highest BCUT2D eigenvalue weighted by Gasteiger charge is 2.39. The molecular formula is C19H10ClF6N5. The Balaban J connectivity index is 1.87. The van der Waals surface area contributed by atoms with Gasteiger partial charge in [-0.15, -0.1) is 0 Å². The molecule has 0 saturated carbocycles. The van der Waals surface area contributed by atoms with E-state index in [2.05, 4.69) is 15.1 Å². The van der Waals surface area contributed by atoms with E-state index >= 15 is 0 Å². The van der Waals surface area contributed by atoms with Gasteiger partial charge in [0, 0.05) is 16.0 Å². The van der Waals surface area contributed by atoms with Crippen molar-refractivity contribution in [2.75, 3.05) is 5.73 Å². The van der Waals surface area contributed by atoms with Crippen LogP contribution in [0.1, 0.15) is 11.3 Å². The maximum absolute atomic E-state index is 13.3. The van der Waals surface area contributed by atoms with E-state index in [1.54, 1.807) is 24.3 Å². The van der Waals surface area contributed by atoms with Crippen LogP contribution in [-0.2, 0) is 12.4 Å². The van der Waals surface area contributed by atoms with Gasteiger partial charge < -0.3 is 5.73 Å². The number of nitrogens with zero attached hydrogens (tertiary/aromatic N) is 4. The van der Waals surface area contributed by atoms with Crippen LogP contribution in [0.25, 0.3) is 28.0 Å². The molecule has 1 aromatic carbocycles. The number of hydrogen-bond donors (Lipinski definition) is 1. The highest BCUT2D eigenvalue weighted by Crippen LogP contribution is 2.38. The first-order valence-electron chi connectivity index (χ1n) is 8.51. The summed E-state index contributed by atoms with van der Waals surface area (Å²) in [5.74, 6) is -0.0117. The molecule has 3 aromatic heterocycles. The first kappa shape index (κ1) is 20.9. The number of aromatic nitrogens is 4. The number of rotatable bonds is 2. The monoisotopic (exact) mass is 457 g/mol. The fraction of sp³-hybridized carbons (Fsp3) is 0.105. The van der Waals surface area contributed by atoms with E-state index in [-0.39, 0.29) is 17.7 Å². The minimum atomic E-state index is -5.08. The molecule has 0 spiro atoms. The van der Waals surface area contributed by atoms with E-state index in [9.17, 15) is 26.3 Å². The van der Waals surface area contributed by atoms with E-state index in [4.69, 9.17) is 17.3 Å². The molecule has 0 amide bonds. The number of alkyl halides is 6. The molecule has 4 rings (SSSR count). The molecule has 0 radical (unpaired) electrons. The number of nitrogens with two attached hydrogens (primary N) is 1. The summed E-state index contributed by atoms with van der Waals surface area (Å²) in [6, 6.07) is 8.73. The first-order chi connectivity index (χ1) is 14.4. The van der Waals surface area contributed by atoms with Gasteiger partial charge in [0.25, 0.3) is 0 Å². The molecule has 31 heavy (non-hydrogen) atoms. The van der Waals surface area contributed by atoms with Crippen molar-refractivity contribution in [1.29, 1.82) is 0 Å². The molecule has 160 valence electrons. The molecule has 0 atom stereocenters. The summed E-state index contributed by atoms with van der Waals surface area (Å²) in [4.78, 5) is 7.14. The van der Waals surface area contributed by atoms with Crippen molar-refractivity contribution >= 4 is 28.5 Å². The third-order valence-electron chi connectivity index (χ3n) is 4.43. The van der Waals surface area contributed by atoms with E-state index in [0.29, 0.717) is 16.1 Å². The van der Waals surface area contributed by atoms with Crippen LogP contribution in [0, 0.1) is 0 Å². The number of benzene rings is 1. The third kappa shape index (κ3) is 3.88. The topological polar surface area (TPSA) is 69.6 Å². The van der Waals surface area contributed by atoms with E-state index in [0.717, 1.165) is 10.7 Å². The second kappa shape index (κ2) is 7.12. The Morgan fingerprint density at radius 1 is 0.871 bits per heavy atom. The largest absolute Gasteiger partial charge is 0.433 e. The van der Waals surface area contributed by atoms with Gasteiger partial charge in [-0.1, -0.05) is 23.7 Å². The Hall–Kier alpha value is -3.34. The van der Waals surface area contributed by atoms with Crippen molar-refractivity contribution in [1.82, 2.24) is 19.7 Å². The zero-order valence-electron chi connectivity index (χ0n) is 15.1. The Kier molecular flexibility index (Phi) is 4.80. The van der Waals surface area contributed by atoms with Crippen molar-refractivity contribution in [2.24, 2.45) is 0 Å². The highest BCUT2D eigenvalue weighted by molar-refractivity contribution is 6.30. The van der Waals surface area contributed by atoms with Crippen molar-refractivity contribution < 1.29 is 26.3 Å². The van der Waals surface area contributed by atoms with Gasteiger partial charge in [0.2, 0.25) is 0 Å². The predicted molar refractivity (Wildman–Crippen MR) is 102 cm³/mol. The van der Waals surface area contributed by atoms with Gasteiger partial charge in [-0.3, -0.25) is 0 Å². The molecule has 0 unspecified atom stereocenters. The van der Waals surface area contributed by atoms with E-state index in [1.807, 2.05) is 0 Å². The number of pyridine rings is 2. The standard InChI is InChI=1S/C19H10ClF6N5/c20-10-3-1-9(2-4-10)12-8-28-31(16(12)27)15-6-5-11-13(18(21,22)23)7-14(19(24,25)26)29-17(11)30-15/h1-8H,27H2. The van der Waals surface area contributed by atoms with Crippen LogP contribution < -0.4 is 5.73 Å². The van der Waals surface area contributed by atoms with Gasteiger partial charge >= 0.3 is 12.4 Å². The second-order valence-electron chi connectivity index (χ2n) is 6.45. The lowest BCUT2D eigenvalue weighted by molar-refractivity contribution is -0.144. The predicted octanol–water partition coefficient (Wildman–Crippen LogP) is 5.76. The molecule has 5 nitrogen and oxygen atoms in total. The molecule has 0 aliphatic heterocycles. The van der Waals surface area contributed by atoms with Crippen LogP contribution in [0.15, 0.2) is 48.7 Å². The maximum atomic E-state index is 13.3. The lowest BCUT2D eigenvalue weighted by Crippen LogP contribution is -2.14. The molecule has 12 heteroatoms. The lowest BCUT2D eigenvalue weighted by atomic mass is 10.1. The Bertz CT molecular complexity index is 1280. The van der Waals surface area contributed by atoms with Crippen LogP contribution in [-0.4, -0.2) is 19.7 Å². The van der Waals surface area contributed by atoms with E-state index in [1.165, 1.54) is 12.3 Å². The summed E-state index contributed by atoms with van der Waals surface area (Å²) < 4.78 is 80.3. The lowest BCUT2D eigenvalue weighted by Gasteiger charge is -2.14. The van der Waals surface area contributed by atoms with Gasteiger partial charge in [-0.2, -0.15) is 36.1 Å². The Labute approximate surface area is 175 Å². The summed E-state index contributed by atoms with van der Waals surface area (Å²) in [7, 11) is 0. The van der Waals surface area contributed by atoms with Crippen LogP contribution in [0.5, 0.6) is 0 Å². The fourth-order valence-corrected chi connectivity index (χ4v) is 3.11. The fourth-order valence-electron chi connectivity index (χ4n) is 2.98. The first-order valence-corrected chi connectivity index (χ1v) is 8.89. The number of anilines is 1. The van der Waals surface area contributed by atoms with Crippen LogP contribution in [0.3, 0.4) is 0 Å². The molecule has 3 heterocycles. The average Bonchev–Trinajstić information content (AvgIpc) is 3.07. The zero-order valence-corrected chi connectivity index (χ0v) is 15.9. The van der Waals surface area contributed by atoms with E-state index < -0.39 is 34.6 Å². The van der Waals surface area contributed by atoms with Crippen molar-refractivity contribution in [3.63, 3.8) is 0 Å². The molecular weight excluding hydrogens is 448 g/mol. The summed E-state index contributed by atoms with van der Waals surface area (Å²) >= 11 is 5.86. The molecule has 2 N–H and O–H groups in total. The Morgan fingerprint density at radius 3 is 2.16 bits per heavy atom. The van der Waals surface area contributed by atoms with Crippen LogP contribution in [0.4, 0.5) is 32.2 Å². The quantitative estimate of drug-likeness (QED) is 0.389. The molecule has 0 saturated heterocycles. The van der Waals surface area contributed by atoms with Gasteiger partial charge in [-0.25, -0.2) is 9.97 Å². The van der Waals surface area contributed by atoms with Gasteiger partial charge in [0.15, 0.2) is 11.5 Å². The van der Waals surface area contributed by atoms with Crippen molar-refractivity contribution in [3.05, 3.63) is 64.9 Å². The highest BCUT2D eigenvalue weighted by atomic mass is 35.5. The third-order valence-corrected chi connectivity index (χ3v) is 4.68. The minimum absolute atomic E-state index is 0.0371. The smallest absolute Gasteiger partial charge is 0.383 e. The summed E-state index contributed by atoms with van der Waals surface area (Å²) in [5.41, 5.74) is 3.31. The van der Waals surface area contributed by atoms with Gasteiger partial charge in [-0.05, 0) is 35.9 Å². The summed E-state index contributed by atoms with van der Waals surface area (Å²) in [5, 5.41) is 3.98. The second-order valence-corrected chi connectivity index (χ2v) is 6.89. The minimum Gasteiger partial charge on any atom is -0.383 e. The van der Waals surface area contributed by atoms with Crippen molar-refractivity contribution in [2.45, 2.75) is 12.4 Å². The number of hydrogen-bond acceptors (Lipinski definition) is 4. The molecule has 0 bridgehead atoms. The zero-order chi connectivity index (χ0) is 22.6. The van der Waals surface area contributed by atoms with Gasteiger partial charge in [0.1, 0.15) is 11.5 Å². The summed E-state index contributed by atoms with van der Waals surface area (Å²) in [6.45, 7) is 0. The number of halogens is 7. The number of nitrogen functional groups attached to an aromatic ring is 1. The van der Waals surface area contributed by atoms with Crippen LogP contribution in [0.2, 0.25) is 5.02 Å². The average molecular weight is 458 g/mol. The molecule has 0 aliphatic rings. The maximum Gasteiger partial charge on any atom is 0.433 e. The van der Waals surface area contributed by atoms with Gasteiger partial charge in [0.05, 0.1) is 11.8 Å². The Morgan fingerprint density at radius 2 is 1.55 bits per heavy atom. The summed E-state index contributed by atoms with van der Waals surface area (Å²) in [6.07, 6.45) is -8.72. The van der Waals surface area contributed by atoms with Crippen LogP contribution >= 0.6 is 11.6 Å². The normalized spacial score (nSPS) is 12.5. The molecule has 4 aromatic rings. The number of fused-ring (bicyclic) bond motifs is 1. The molecule has 0 aliphatic carbocycles. The molecule has 0 fully saturated rings. The SMILES string of the molecule is Nc1c(-c2ccc(Cl)cc2)cnn1-c1ccc2c(C(F)(F)F)cc(C(F)(F)F)nc2n1. The van der Waals surface area contributed by atoms with Crippen molar-refractivity contribution in [3.8, 4) is 16.9 Å².